The molecule has 0 radical (unpaired) electrons. The number of pyridine rings is 1. The molecule has 3 aromatic heterocycles. The van der Waals surface area contributed by atoms with E-state index in [1.54, 1.807) is 35.3 Å². The molecule has 7 heteroatoms. The first-order valence-corrected chi connectivity index (χ1v) is 8.08. The second-order valence-electron chi connectivity index (χ2n) is 5.75. The van der Waals surface area contributed by atoms with Crippen LogP contribution in [-0.4, -0.2) is 26.0 Å². The maximum Gasteiger partial charge on any atom is 0.277 e. The predicted molar refractivity (Wildman–Crippen MR) is 97.5 cm³/mol. The number of nitrogens with zero attached hydrogens (tertiary/aromatic N) is 4. The molecule has 0 fully saturated rings. The number of aromatic nitrogens is 4. The van der Waals surface area contributed by atoms with Gasteiger partial charge in [-0.15, -0.1) is 0 Å². The Hall–Kier alpha value is -2.86. The van der Waals surface area contributed by atoms with Crippen LogP contribution < -0.4 is 10.3 Å². The van der Waals surface area contributed by atoms with Crippen LogP contribution in [0.25, 0.3) is 28.1 Å². The molecule has 0 amide bonds. The van der Waals surface area contributed by atoms with Crippen molar-refractivity contribution in [1.82, 2.24) is 18.9 Å². The normalized spacial score (nSPS) is 11.4. The topological polar surface area (TPSA) is 61.4 Å². The van der Waals surface area contributed by atoms with E-state index in [0.717, 1.165) is 5.56 Å². The van der Waals surface area contributed by atoms with Crippen LogP contribution in [0, 0.1) is 6.92 Å². The fourth-order valence-corrected chi connectivity index (χ4v) is 3.26. The van der Waals surface area contributed by atoms with Gasteiger partial charge in [-0.2, -0.15) is 4.98 Å². The molecule has 0 saturated carbocycles. The lowest BCUT2D eigenvalue weighted by Gasteiger charge is -2.11. The van der Waals surface area contributed by atoms with Crippen molar-refractivity contribution in [2.75, 3.05) is 7.11 Å². The van der Waals surface area contributed by atoms with Crippen LogP contribution in [0.5, 0.6) is 5.88 Å². The molecule has 4 aromatic rings. The standard InChI is InChI=1S/C18H15ClN4O2/c1-10-15-18(24)22(2)13-8-9-14(25-3)21-17(13)23(15)16(20-10)11-6-4-5-7-12(11)19/h4-9H,1-3H3. The predicted octanol–water partition coefficient (Wildman–Crippen LogP) is 3.22. The second-order valence-corrected chi connectivity index (χ2v) is 6.15. The lowest BCUT2D eigenvalue weighted by Crippen LogP contribution is -2.21. The SMILES string of the molecule is COc1ccc2c(n1)n1c(-c3ccccc3Cl)nc(C)c1c(=O)n2C. The van der Waals surface area contributed by atoms with Gasteiger partial charge >= 0.3 is 0 Å². The van der Waals surface area contributed by atoms with E-state index in [0.29, 0.717) is 39.1 Å². The van der Waals surface area contributed by atoms with E-state index in [1.807, 2.05) is 31.2 Å². The van der Waals surface area contributed by atoms with Crippen LogP contribution in [0.3, 0.4) is 0 Å². The van der Waals surface area contributed by atoms with Crippen molar-refractivity contribution in [3.8, 4) is 17.3 Å². The first kappa shape index (κ1) is 15.7. The Morgan fingerprint density at radius 1 is 1.12 bits per heavy atom. The van der Waals surface area contributed by atoms with Crippen molar-refractivity contribution in [2.45, 2.75) is 6.92 Å². The average molecular weight is 355 g/mol. The number of imidazole rings is 1. The number of rotatable bonds is 2. The van der Waals surface area contributed by atoms with Gasteiger partial charge in [-0.1, -0.05) is 23.7 Å². The minimum atomic E-state index is -0.136. The van der Waals surface area contributed by atoms with Crippen molar-refractivity contribution < 1.29 is 4.74 Å². The van der Waals surface area contributed by atoms with Gasteiger partial charge in [0.15, 0.2) is 5.65 Å². The molecular weight excluding hydrogens is 340 g/mol. The van der Waals surface area contributed by atoms with Gasteiger partial charge in [0.25, 0.3) is 5.56 Å². The maximum absolute atomic E-state index is 12.9. The number of benzene rings is 1. The number of ether oxygens (including phenoxy) is 1. The fourth-order valence-electron chi connectivity index (χ4n) is 3.04. The van der Waals surface area contributed by atoms with E-state index in [4.69, 9.17) is 16.3 Å². The summed E-state index contributed by atoms with van der Waals surface area (Å²) in [6.07, 6.45) is 0. The molecule has 126 valence electrons. The lowest BCUT2D eigenvalue weighted by atomic mass is 10.2. The number of hydrogen-bond donors (Lipinski definition) is 0. The quantitative estimate of drug-likeness (QED) is 0.554. The zero-order valence-corrected chi connectivity index (χ0v) is 14.7. The van der Waals surface area contributed by atoms with Crippen molar-refractivity contribution >= 4 is 28.3 Å². The van der Waals surface area contributed by atoms with Gasteiger partial charge in [-0.25, -0.2) is 4.98 Å². The molecule has 4 rings (SSSR count). The van der Waals surface area contributed by atoms with Gasteiger partial charge < -0.3 is 9.30 Å². The number of aryl methyl sites for hydroxylation is 2. The van der Waals surface area contributed by atoms with Crippen LogP contribution in [-0.2, 0) is 7.05 Å². The Morgan fingerprint density at radius 2 is 1.88 bits per heavy atom. The molecule has 0 bridgehead atoms. The van der Waals surface area contributed by atoms with Crippen molar-refractivity contribution in [3.05, 3.63) is 57.5 Å². The number of fused-ring (bicyclic) bond motifs is 3. The third kappa shape index (κ3) is 2.21. The van der Waals surface area contributed by atoms with E-state index in [-0.39, 0.29) is 5.56 Å². The summed E-state index contributed by atoms with van der Waals surface area (Å²) in [6, 6.07) is 11.0. The summed E-state index contributed by atoms with van der Waals surface area (Å²) in [4.78, 5) is 22.0. The molecule has 0 N–H and O–H groups in total. The minimum absolute atomic E-state index is 0.136. The number of methoxy groups -OCH3 is 1. The highest BCUT2D eigenvalue weighted by molar-refractivity contribution is 6.33. The molecular formula is C18H15ClN4O2. The minimum Gasteiger partial charge on any atom is -0.481 e. The van der Waals surface area contributed by atoms with Crippen molar-refractivity contribution in [2.24, 2.45) is 7.05 Å². The van der Waals surface area contributed by atoms with Gasteiger partial charge in [-0.3, -0.25) is 9.20 Å². The molecule has 0 saturated heterocycles. The van der Waals surface area contributed by atoms with Gasteiger partial charge in [0.1, 0.15) is 11.3 Å². The van der Waals surface area contributed by atoms with Gasteiger partial charge in [0.05, 0.1) is 23.3 Å². The van der Waals surface area contributed by atoms with Crippen LogP contribution in [0.1, 0.15) is 5.69 Å². The van der Waals surface area contributed by atoms with E-state index in [9.17, 15) is 4.79 Å². The smallest absolute Gasteiger partial charge is 0.277 e. The molecule has 0 atom stereocenters. The van der Waals surface area contributed by atoms with Gasteiger partial charge in [0.2, 0.25) is 5.88 Å². The summed E-state index contributed by atoms with van der Waals surface area (Å²) in [5.41, 5.74) is 2.98. The van der Waals surface area contributed by atoms with Gasteiger partial charge in [-0.05, 0) is 25.1 Å². The molecule has 0 spiro atoms. The highest BCUT2D eigenvalue weighted by Gasteiger charge is 2.20. The summed E-state index contributed by atoms with van der Waals surface area (Å²) in [7, 11) is 3.28. The van der Waals surface area contributed by atoms with Crippen molar-refractivity contribution in [1.29, 1.82) is 0 Å². The first-order chi connectivity index (χ1) is 12.0. The summed E-state index contributed by atoms with van der Waals surface area (Å²) in [5.74, 6) is 1.05. The summed E-state index contributed by atoms with van der Waals surface area (Å²) >= 11 is 6.37. The summed E-state index contributed by atoms with van der Waals surface area (Å²) in [6.45, 7) is 1.81. The van der Waals surface area contributed by atoms with E-state index in [1.165, 1.54) is 0 Å². The average Bonchev–Trinajstić information content (AvgIpc) is 2.97. The first-order valence-electron chi connectivity index (χ1n) is 7.70. The lowest BCUT2D eigenvalue weighted by molar-refractivity contribution is 0.399. The fraction of sp³-hybridized carbons (Fsp3) is 0.167. The molecule has 0 aliphatic heterocycles. The summed E-state index contributed by atoms with van der Waals surface area (Å²) < 4.78 is 8.59. The molecule has 0 aliphatic carbocycles. The third-order valence-electron chi connectivity index (χ3n) is 4.28. The zero-order valence-electron chi connectivity index (χ0n) is 13.9. The van der Waals surface area contributed by atoms with E-state index < -0.39 is 0 Å². The highest BCUT2D eigenvalue weighted by atomic mass is 35.5. The monoisotopic (exact) mass is 354 g/mol. The Kier molecular flexibility index (Phi) is 3.51. The largest absolute Gasteiger partial charge is 0.481 e. The number of halogens is 1. The molecule has 0 aliphatic rings. The second kappa shape index (κ2) is 5.60. The zero-order chi connectivity index (χ0) is 17.7. The van der Waals surface area contributed by atoms with Crippen molar-refractivity contribution in [3.63, 3.8) is 0 Å². The maximum atomic E-state index is 12.9. The Morgan fingerprint density at radius 3 is 2.60 bits per heavy atom. The van der Waals surface area contributed by atoms with E-state index in [2.05, 4.69) is 9.97 Å². The summed E-state index contributed by atoms with van der Waals surface area (Å²) in [5, 5.41) is 0.561. The molecule has 0 unspecified atom stereocenters. The molecule has 25 heavy (non-hydrogen) atoms. The van der Waals surface area contributed by atoms with Crippen LogP contribution >= 0.6 is 11.6 Å². The Bertz CT molecular complexity index is 1190. The molecule has 6 nitrogen and oxygen atoms in total. The third-order valence-corrected chi connectivity index (χ3v) is 4.61. The number of hydrogen-bond acceptors (Lipinski definition) is 4. The highest BCUT2D eigenvalue weighted by Crippen LogP contribution is 2.30. The van der Waals surface area contributed by atoms with E-state index >= 15 is 0 Å². The molecule has 1 aromatic carbocycles. The molecule has 3 heterocycles. The van der Waals surface area contributed by atoms with Gasteiger partial charge in [0, 0.05) is 18.7 Å². The Labute approximate surface area is 148 Å². The van der Waals surface area contributed by atoms with Crippen LogP contribution in [0.4, 0.5) is 0 Å². The van der Waals surface area contributed by atoms with Crippen LogP contribution in [0.2, 0.25) is 5.02 Å². The Balaban J connectivity index is 2.27. The van der Waals surface area contributed by atoms with Crippen LogP contribution in [0.15, 0.2) is 41.2 Å².